The molecule has 2 atom stereocenters. The van der Waals surface area contributed by atoms with Crippen molar-refractivity contribution in [2.24, 2.45) is 11.8 Å². The molecule has 1 heteroatoms. The van der Waals surface area contributed by atoms with Crippen molar-refractivity contribution in [3.05, 3.63) is 35.9 Å². The topological polar surface area (TPSA) is 12.0 Å². The van der Waals surface area contributed by atoms with E-state index in [2.05, 4.69) is 42.6 Å². The SMILES string of the molecule is CCCNCC1CC1Cc1ccccc1. The van der Waals surface area contributed by atoms with Crippen LogP contribution in [0.15, 0.2) is 30.3 Å². The van der Waals surface area contributed by atoms with Crippen LogP contribution in [0.4, 0.5) is 0 Å². The normalized spacial score (nSPS) is 24.1. The van der Waals surface area contributed by atoms with E-state index in [1.807, 2.05) is 0 Å². The maximum Gasteiger partial charge on any atom is -0.00176 e. The van der Waals surface area contributed by atoms with E-state index >= 15 is 0 Å². The minimum atomic E-state index is 0.941. The van der Waals surface area contributed by atoms with Gasteiger partial charge in [-0.25, -0.2) is 0 Å². The summed E-state index contributed by atoms with van der Waals surface area (Å²) < 4.78 is 0. The second-order valence-corrected chi connectivity index (χ2v) is 4.65. The molecule has 15 heavy (non-hydrogen) atoms. The third-order valence-corrected chi connectivity index (χ3v) is 3.24. The van der Waals surface area contributed by atoms with E-state index in [0.717, 1.165) is 11.8 Å². The van der Waals surface area contributed by atoms with Crippen molar-refractivity contribution >= 4 is 0 Å². The lowest BCUT2D eigenvalue weighted by Gasteiger charge is -2.02. The highest BCUT2D eigenvalue weighted by Crippen LogP contribution is 2.40. The minimum absolute atomic E-state index is 0.941. The molecule has 1 aromatic carbocycles. The Morgan fingerprint density at radius 1 is 1.20 bits per heavy atom. The zero-order valence-corrected chi connectivity index (χ0v) is 9.58. The Kier molecular flexibility index (Phi) is 3.79. The molecule has 0 heterocycles. The molecule has 1 aliphatic rings. The average molecular weight is 203 g/mol. The summed E-state index contributed by atoms with van der Waals surface area (Å²) in [7, 11) is 0. The second-order valence-electron chi connectivity index (χ2n) is 4.65. The van der Waals surface area contributed by atoms with Gasteiger partial charge < -0.3 is 5.32 Å². The van der Waals surface area contributed by atoms with Gasteiger partial charge in [-0.3, -0.25) is 0 Å². The van der Waals surface area contributed by atoms with Crippen molar-refractivity contribution in [1.82, 2.24) is 5.32 Å². The molecular weight excluding hydrogens is 182 g/mol. The molecule has 2 rings (SSSR count). The molecule has 0 bridgehead atoms. The molecule has 82 valence electrons. The molecule has 1 saturated carbocycles. The summed E-state index contributed by atoms with van der Waals surface area (Å²) in [6.45, 7) is 4.63. The highest BCUT2D eigenvalue weighted by molar-refractivity contribution is 5.16. The summed E-state index contributed by atoms with van der Waals surface area (Å²) in [5.41, 5.74) is 1.50. The van der Waals surface area contributed by atoms with Crippen LogP contribution in [-0.2, 0) is 6.42 Å². The predicted molar refractivity (Wildman–Crippen MR) is 64.9 cm³/mol. The summed E-state index contributed by atoms with van der Waals surface area (Å²) in [6.07, 6.45) is 3.95. The summed E-state index contributed by atoms with van der Waals surface area (Å²) in [6, 6.07) is 10.9. The van der Waals surface area contributed by atoms with Crippen LogP contribution in [0, 0.1) is 11.8 Å². The molecule has 0 saturated heterocycles. The van der Waals surface area contributed by atoms with Gasteiger partial charge in [-0.2, -0.15) is 0 Å². The standard InChI is InChI=1S/C14H21N/c1-2-8-15-11-14-10-13(14)9-12-6-4-3-5-7-12/h3-7,13-15H,2,8-11H2,1H3. The lowest BCUT2D eigenvalue weighted by molar-refractivity contribution is 0.592. The average Bonchev–Trinajstić information content (AvgIpc) is 2.99. The van der Waals surface area contributed by atoms with Crippen LogP contribution < -0.4 is 5.32 Å². The third kappa shape index (κ3) is 3.35. The van der Waals surface area contributed by atoms with Crippen molar-refractivity contribution < 1.29 is 0 Å². The highest BCUT2D eigenvalue weighted by atomic mass is 14.9. The van der Waals surface area contributed by atoms with E-state index in [1.165, 1.54) is 37.9 Å². The van der Waals surface area contributed by atoms with Gasteiger partial charge in [-0.15, -0.1) is 0 Å². The Labute approximate surface area is 92.9 Å². The molecule has 1 aromatic rings. The van der Waals surface area contributed by atoms with Crippen LogP contribution in [0.3, 0.4) is 0 Å². The molecule has 0 amide bonds. The monoisotopic (exact) mass is 203 g/mol. The fraction of sp³-hybridized carbons (Fsp3) is 0.571. The smallest absolute Gasteiger partial charge is 0.00176 e. The first-order valence-corrected chi connectivity index (χ1v) is 6.14. The maximum absolute atomic E-state index is 3.51. The zero-order valence-electron chi connectivity index (χ0n) is 9.58. The maximum atomic E-state index is 3.51. The Balaban J connectivity index is 1.67. The molecule has 2 unspecified atom stereocenters. The summed E-state index contributed by atoms with van der Waals surface area (Å²) in [5, 5.41) is 3.51. The molecule has 1 N–H and O–H groups in total. The van der Waals surface area contributed by atoms with Crippen LogP contribution >= 0.6 is 0 Å². The van der Waals surface area contributed by atoms with Gasteiger partial charge in [-0.05, 0) is 49.8 Å². The first kappa shape index (κ1) is 10.7. The molecule has 1 nitrogen and oxygen atoms in total. The van der Waals surface area contributed by atoms with Crippen molar-refractivity contribution in [3.63, 3.8) is 0 Å². The van der Waals surface area contributed by atoms with Crippen molar-refractivity contribution in [1.29, 1.82) is 0 Å². The number of rotatable bonds is 6. The summed E-state index contributed by atoms with van der Waals surface area (Å²) >= 11 is 0. The molecule has 0 spiro atoms. The van der Waals surface area contributed by atoms with Crippen molar-refractivity contribution in [2.45, 2.75) is 26.2 Å². The van der Waals surface area contributed by atoms with Crippen LogP contribution in [-0.4, -0.2) is 13.1 Å². The number of hydrogen-bond donors (Lipinski definition) is 1. The van der Waals surface area contributed by atoms with E-state index in [0.29, 0.717) is 0 Å². The van der Waals surface area contributed by atoms with E-state index in [9.17, 15) is 0 Å². The molecule has 1 aliphatic carbocycles. The van der Waals surface area contributed by atoms with Gasteiger partial charge in [0.2, 0.25) is 0 Å². The van der Waals surface area contributed by atoms with Gasteiger partial charge in [0.1, 0.15) is 0 Å². The lowest BCUT2D eigenvalue weighted by Crippen LogP contribution is -2.18. The van der Waals surface area contributed by atoms with Crippen molar-refractivity contribution in [2.75, 3.05) is 13.1 Å². The number of nitrogens with one attached hydrogen (secondary N) is 1. The molecule has 0 radical (unpaired) electrons. The van der Waals surface area contributed by atoms with E-state index in [1.54, 1.807) is 0 Å². The Morgan fingerprint density at radius 3 is 2.73 bits per heavy atom. The lowest BCUT2D eigenvalue weighted by atomic mass is 10.1. The first-order valence-electron chi connectivity index (χ1n) is 6.14. The molecule has 1 fully saturated rings. The predicted octanol–water partition coefficient (Wildman–Crippen LogP) is 2.86. The summed E-state index contributed by atoms with van der Waals surface area (Å²) in [4.78, 5) is 0. The van der Waals surface area contributed by atoms with Gasteiger partial charge in [-0.1, -0.05) is 37.3 Å². The molecule has 0 aromatic heterocycles. The van der Waals surface area contributed by atoms with Crippen molar-refractivity contribution in [3.8, 4) is 0 Å². The third-order valence-electron chi connectivity index (χ3n) is 3.24. The first-order chi connectivity index (χ1) is 7.40. The van der Waals surface area contributed by atoms with Gasteiger partial charge >= 0.3 is 0 Å². The zero-order chi connectivity index (χ0) is 10.5. The minimum Gasteiger partial charge on any atom is -0.316 e. The van der Waals surface area contributed by atoms with Crippen LogP contribution in [0.5, 0.6) is 0 Å². The quantitative estimate of drug-likeness (QED) is 0.701. The molecule has 0 aliphatic heterocycles. The van der Waals surface area contributed by atoms with Gasteiger partial charge in [0, 0.05) is 0 Å². The van der Waals surface area contributed by atoms with E-state index in [-0.39, 0.29) is 0 Å². The van der Waals surface area contributed by atoms with Crippen LogP contribution in [0.1, 0.15) is 25.3 Å². The fourth-order valence-electron chi connectivity index (χ4n) is 2.19. The van der Waals surface area contributed by atoms with E-state index < -0.39 is 0 Å². The Bertz CT molecular complexity index is 281. The van der Waals surface area contributed by atoms with Crippen LogP contribution in [0.2, 0.25) is 0 Å². The Morgan fingerprint density at radius 2 is 2.00 bits per heavy atom. The van der Waals surface area contributed by atoms with E-state index in [4.69, 9.17) is 0 Å². The fourth-order valence-corrected chi connectivity index (χ4v) is 2.19. The van der Waals surface area contributed by atoms with Crippen LogP contribution in [0.25, 0.3) is 0 Å². The Hall–Kier alpha value is -0.820. The summed E-state index contributed by atoms with van der Waals surface area (Å²) in [5.74, 6) is 1.88. The second kappa shape index (κ2) is 5.32. The number of hydrogen-bond acceptors (Lipinski definition) is 1. The van der Waals surface area contributed by atoms with Gasteiger partial charge in [0.05, 0.1) is 0 Å². The number of benzene rings is 1. The highest BCUT2D eigenvalue weighted by Gasteiger charge is 2.35. The molecular formula is C14H21N. The van der Waals surface area contributed by atoms with Gasteiger partial charge in [0.25, 0.3) is 0 Å². The van der Waals surface area contributed by atoms with Gasteiger partial charge in [0.15, 0.2) is 0 Å². The largest absolute Gasteiger partial charge is 0.316 e.